The molecule has 1 N–H and O–H groups in total. The predicted octanol–water partition coefficient (Wildman–Crippen LogP) is 2.20. The normalized spacial score (nSPS) is 10.8. The molecule has 0 fully saturated rings. The van der Waals surface area contributed by atoms with Crippen molar-refractivity contribution in [2.75, 3.05) is 26.9 Å². The monoisotopic (exact) mass is 377 g/mol. The summed E-state index contributed by atoms with van der Waals surface area (Å²) < 4.78 is 12.6. The second kappa shape index (κ2) is 10.5. The van der Waals surface area contributed by atoms with Crippen molar-refractivity contribution in [3.8, 4) is 0 Å². The Kier molecular flexibility index (Phi) is 8.09. The van der Waals surface area contributed by atoms with Gasteiger partial charge in [0.2, 0.25) is 5.91 Å². The predicted molar refractivity (Wildman–Crippen MR) is 98.9 cm³/mol. The summed E-state index contributed by atoms with van der Waals surface area (Å²) in [4.78, 5) is 30.7. The summed E-state index contributed by atoms with van der Waals surface area (Å²) in [5.41, 5.74) is 3.28. The van der Waals surface area contributed by atoms with Crippen LogP contribution in [0.25, 0.3) is 0 Å². The van der Waals surface area contributed by atoms with Crippen molar-refractivity contribution in [2.45, 2.75) is 33.4 Å². The second-order valence-electron chi connectivity index (χ2n) is 6.01. The summed E-state index contributed by atoms with van der Waals surface area (Å²) >= 11 is 0. The van der Waals surface area contributed by atoms with Crippen molar-refractivity contribution in [1.29, 1.82) is 0 Å². The number of carbonyl (C=O) groups is 2. The number of aromatic nitrogens is 1. The molecule has 0 aromatic carbocycles. The SMILES string of the molecule is CCCN(Cc1cccn1Cc1ccc(C(=O)NOCC)o1)C(=O)COC. The van der Waals surface area contributed by atoms with Gasteiger partial charge >= 0.3 is 5.91 Å². The fourth-order valence-corrected chi connectivity index (χ4v) is 2.66. The fourth-order valence-electron chi connectivity index (χ4n) is 2.66. The first-order valence-corrected chi connectivity index (χ1v) is 9.00. The van der Waals surface area contributed by atoms with Gasteiger partial charge < -0.3 is 18.6 Å². The highest BCUT2D eigenvalue weighted by Crippen LogP contribution is 2.14. The van der Waals surface area contributed by atoms with Crippen LogP contribution in [-0.2, 0) is 27.5 Å². The van der Waals surface area contributed by atoms with Gasteiger partial charge in [-0.25, -0.2) is 5.48 Å². The number of hydrogen-bond donors (Lipinski definition) is 1. The Bertz CT molecular complexity index is 737. The molecule has 0 radical (unpaired) electrons. The molecule has 148 valence electrons. The van der Waals surface area contributed by atoms with Crippen LogP contribution in [0.4, 0.5) is 0 Å². The molecule has 8 nitrogen and oxygen atoms in total. The molecule has 0 bridgehead atoms. The molecule has 27 heavy (non-hydrogen) atoms. The van der Waals surface area contributed by atoms with E-state index in [1.54, 1.807) is 24.0 Å². The van der Waals surface area contributed by atoms with Gasteiger partial charge in [-0.05, 0) is 37.6 Å². The van der Waals surface area contributed by atoms with Crippen LogP contribution in [0.2, 0.25) is 0 Å². The summed E-state index contributed by atoms with van der Waals surface area (Å²) in [6.45, 7) is 5.86. The maximum Gasteiger partial charge on any atom is 0.310 e. The van der Waals surface area contributed by atoms with Crippen LogP contribution in [0, 0.1) is 0 Å². The quantitative estimate of drug-likeness (QED) is 0.607. The van der Waals surface area contributed by atoms with Crippen LogP contribution in [-0.4, -0.2) is 48.1 Å². The molecule has 0 saturated heterocycles. The zero-order chi connectivity index (χ0) is 19.6. The number of methoxy groups -OCH3 is 1. The summed E-state index contributed by atoms with van der Waals surface area (Å²) in [6.07, 6.45) is 2.79. The molecule has 2 heterocycles. The van der Waals surface area contributed by atoms with Crippen molar-refractivity contribution in [2.24, 2.45) is 0 Å². The first-order chi connectivity index (χ1) is 13.1. The van der Waals surface area contributed by atoms with Gasteiger partial charge in [-0.1, -0.05) is 6.92 Å². The average Bonchev–Trinajstić information content (AvgIpc) is 3.29. The molecule has 0 saturated carbocycles. The van der Waals surface area contributed by atoms with Crippen LogP contribution in [0.5, 0.6) is 0 Å². The van der Waals surface area contributed by atoms with Crippen LogP contribution >= 0.6 is 0 Å². The number of amides is 2. The number of ether oxygens (including phenoxy) is 1. The van der Waals surface area contributed by atoms with Crippen LogP contribution in [0.3, 0.4) is 0 Å². The molecule has 8 heteroatoms. The maximum absolute atomic E-state index is 12.2. The Morgan fingerprint density at radius 1 is 1.26 bits per heavy atom. The summed E-state index contributed by atoms with van der Waals surface area (Å²) in [7, 11) is 1.51. The lowest BCUT2D eigenvalue weighted by Crippen LogP contribution is -2.34. The highest BCUT2D eigenvalue weighted by Gasteiger charge is 2.16. The number of hydroxylamine groups is 1. The molecule has 2 aromatic heterocycles. The Hall–Kier alpha value is -2.58. The average molecular weight is 377 g/mol. The largest absolute Gasteiger partial charge is 0.454 e. The van der Waals surface area contributed by atoms with E-state index in [0.717, 1.165) is 12.1 Å². The molecule has 0 aliphatic carbocycles. The minimum absolute atomic E-state index is 0.0417. The number of hydrogen-bond acceptors (Lipinski definition) is 5. The third-order valence-electron chi connectivity index (χ3n) is 3.91. The Balaban J connectivity index is 2.05. The van der Waals surface area contributed by atoms with Gasteiger partial charge in [-0.3, -0.25) is 14.4 Å². The topological polar surface area (TPSA) is 85.9 Å². The van der Waals surface area contributed by atoms with Crippen molar-refractivity contribution in [1.82, 2.24) is 14.9 Å². The van der Waals surface area contributed by atoms with E-state index in [-0.39, 0.29) is 18.3 Å². The first-order valence-electron chi connectivity index (χ1n) is 9.00. The van der Waals surface area contributed by atoms with Crippen LogP contribution in [0.15, 0.2) is 34.9 Å². The lowest BCUT2D eigenvalue weighted by molar-refractivity contribution is -0.135. The highest BCUT2D eigenvalue weighted by atomic mass is 16.7. The van der Waals surface area contributed by atoms with E-state index in [9.17, 15) is 9.59 Å². The Morgan fingerprint density at radius 2 is 2.07 bits per heavy atom. The van der Waals surface area contributed by atoms with Crippen LogP contribution < -0.4 is 5.48 Å². The van der Waals surface area contributed by atoms with Crippen molar-refractivity contribution in [3.63, 3.8) is 0 Å². The van der Waals surface area contributed by atoms with Crippen molar-refractivity contribution < 1.29 is 23.6 Å². The van der Waals surface area contributed by atoms with Crippen molar-refractivity contribution >= 4 is 11.8 Å². The lowest BCUT2D eigenvalue weighted by atomic mass is 10.3. The van der Waals surface area contributed by atoms with Gasteiger partial charge in [-0.2, -0.15) is 0 Å². The van der Waals surface area contributed by atoms with E-state index >= 15 is 0 Å². The number of furan rings is 1. The van der Waals surface area contributed by atoms with Gasteiger partial charge in [0.05, 0.1) is 19.7 Å². The van der Waals surface area contributed by atoms with Gasteiger partial charge in [0.1, 0.15) is 12.4 Å². The molecule has 2 amide bonds. The molecule has 0 atom stereocenters. The van der Waals surface area contributed by atoms with Gasteiger partial charge in [0, 0.05) is 25.5 Å². The molecule has 0 unspecified atom stereocenters. The minimum atomic E-state index is -0.421. The highest BCUT2D eigenvalue weighted by molar-refractivity contribution is 5.90. The van der Waals surface area contributed by atoms with E-state index in [4.69, 9.17) is 14.0 Å². The number of carbonyl (C=O) groups excluding carboxylic acids is 2. The summed E-state index contributed by atoms with van der Waals surface area (Å²) in [6, 6.07) is 7.25. The lowest BCUT2D eigenvalue weighted by Gasteiger charge is -2.22. The third kappa shape index (κ3) is 5.97. The second-order valence-corrected chi connectivity index (χ2v) is 6.01. The molecule has 2 aromatic rings. The third-order valence-corrected chi connectivity index (χ3v) is 3.91. The Labute approximate surface area is 159 Å². The maximum atomic E-state index is 12.2. The van der Waals surface area contributed by atoms with Gasteiger partial charge in [-0.15, -0.1) is 0 Å². The standard InChI is InChI=1S/C19H27N3O5/c1-4-10-22(18(23)14-25-3)12-15-7-6-11-21(15)13-16-8-9-17(27-16)19(24)20-26-5-2/h6-9,11H,4-5,10,12-14H2,1-3H3,(H,20,24). The molecular formula is C19H27N3O5. The smallest absolute Gasteiger partial charge is 0.310 e. The summed E-state index contributed by atoms with van der Waals surface area (Å²) in [5.74, 6) is 0.365. The zero-order valence-electron chi connectivity index (χ0n) is 16.1. The van der Waals surface area contributed by atoms with Crippen LogP contribution in [0.1, 0.15) is 42.3 Å². The zero-order valence-corrected chi connectivity index (χ0v) is 16.1. The van der Waals surface area contributed by atoms with E-state index in [1.165, 1.54) is 7.11 Å². The number of nitrogens with zero attached hydrogens (tertiary/aromatic N) is 2. The molecule has 0 aliphatic rings. The molecule has 0 spiro atoms. The first kappa shape index (κ1) is 20.7. The molecule has 2 rings (SSSR count). The molecule has 0 aliphatic heterocycles. The van der Waals surface area contributed by atoms with E-state index in [0.29, 0.717) is 32.0 Å². The van der Waals surface area contributed by atoms with E-state index < -0.39 is 5.91 Å². The number of nitrogens with one attached hydrogen (secondary N) is 1. The van der Waals surface area contributed by atoms with E-state index in [2.05, 4.69) is 5.48 Å². The molecular weight excluding hydrogens is 350 g/mol. The fraction of sp³-hybridized carbons (Fsp3) is 0.474. The number of rotatable bonds is 11. The van der Waals surface area contributed by atoms with E-state index in [1.807, 2.05) is 29.8 Å². The van der Waals surface area contributed by atoms with Crippen molar-refractivity contribution in [3.05, 3.63) is 47.7 Å². The van der Waals surface area contributed by atoms with Gasteiger partial charge in [0.15, 0.2) is 5.76 Å². The Morgan fingerprint density at radius 3 is 2.78 bits per heavy atom. The minimum Gasteiger partial charge on any atom is -0.454 e. The van der Waals surface area contributed by atoms with Gasteiger partial charge in [0.25, 0.3) is 0 Å². The summed E-state index contributed by atoms with van der Waals surface area (Å²) in [5, 5.41) is 0.